The quantitative estimate of drug-likeness (QED) is 0.605. The van der Waals surface area contributed by atoms with Gasteiger partial charge in [0.2, 0.25) is 0 Å². The third-order valence-corrected chi connectivity index (χ3v) is 3.66. The van der Waals surface area contributed by atoms with Gasteiger partial charge in [-0.3, -0.25) is 0 Å². The van der Waals surface area contributed by atoms with E-state index >= 15 is 0 Å². The average Bonchev–Trinajstić information content (AvgIpc) is 2.47. The lowest BCUT2D eigenvalue weighted by atomic mass is 10.1. The number of halogens is 1. The standard InChI is InChI=1S/C19H24FN3/c1-14-10-19(15(2)9-18(14)21-13-22(3)4)23(5)12-16-7-6-8-17(20)11-16/h6-11,13H,12H2,1-5H3. The molecule has 0 aliphatic carbocycles. The van der Waals surface area contributed by atoms with Gasteiger partial charge in [0.15, 0.2) is 0 Å². The minimum Gasteiger partial charge on any atom is -0.370 e. The second kappa shape index (κ2) is 7.27. The zero-order valence-corrected chi connectivity index (χ0v) is 14.5. The number of rotatable bonds is 5. The lowest BCUT2D eigenvalue weighted by Crippen LogP contribution is -2.17. The Morgan fingerprint density at radius 1 is 1.04 bits per heavy atom. The lowest BCUT2D eigenvalue weighted by molar-refractivity contribution is 0.625. The Balaban J connectivity index is 2.24. The number of anilines is 1. The predicted octanol–water partition coefficient (Wildman–Crippen LogP) is 4.30. The second-order valence-corrected chi connectivity index (χ2v) is 6.12. The molecule has 0 saturated carbocycles. The van der Waals surface area contributed by atoms with Crippen LogP contribution in [0.15, 0.2) is 41.4 Å². The highest BCUT2D eigenvalue weighted by atomic mass is 19.1. The van der Waals surface area contributed by atoms with Gasteiger partial charge in [0.25, 0.3) is 0 Å². The molecule has 2 rings (SSSR count). The van der Waals surface area contributed by atoms with Crippen molar-refractivity contribution >= 4 is 17.7 Å². The fourth-order valence-electron chi connectivity index (χ4n) is 2.51. The molecule has 0 spiro atoms. The molecule has 4 heteroatoms. The van der Waals surface area contributed by atoms with Gasteiger partial charge in [-0.2, -0.15) is 0 Å². The van der Waals surface area contributed by atoms with Crippen molar-refractivity contribution in [3.63, 3.8) is 0 Å². The largest absolute Gasteiger partial charge is 0.370 e. The zero-order chi connectivity index (χ0) is 17.0. The van der Waals surface area contributed by atoms with E-state index in [9.17, 15) is 4.39 Å². The molecule has 23 heavy (non-hydrogen) atoms. The summed E-state index contributed by atoms with van der Waals surface area (Å²) >= 11 is 0. The molecule has 122 valence electrons. The van der Waals surface area contributed by atoms with Crippen LogP contribution in [-0.2, 0) is 6.54 Å². The molecule has 2 aromatic carbocycles. The number of aryl methyl sites for hydroxylation is 2. The third kappa shape index (κ3) is 4.55. The Bertz CT molecular complexity index is 708. The van der Waals surface area contributed by atoms with Crippen LogP contribution in [0.4, 0.5) is 15.8 Å². The zero-order valence-electron chi connectivity index (χ0n) is 14.5. The number of aliphatic imine (C=N–C) groups is 1. The van der Waals surface area contributed by atoms with Crippen molar-refractivity contribution in [3.8, 4) is 0 Å². The second-order valence-electron chi connectivity index (χ2n) is 6.12. The average molecular weight is 313 g/mol. The molecule has 3 nitrogen and oxygen atoms in total. The van der Waals surface area contributed by atoms with E-state index in [-0.39, 0.29) is 5.82 Å². The number of benzene rings is 2. The molecule has 0 aliphatic heterocycles. The summed E-state index contributed by atoms with van der Waals surface area (Å²) < 4.78 is 13.3. The maximum absolute atomic E-state index is 13.3. The molecule has 0 saturated heterocycles. The highest BCUT2D eigenvalue weighted by molar-refractivity contribution is 5.67. The summed E-state index contributed by atoms with van der Waals surface area (Å²) in [4.78, 5) is 8.55. The fraction of sp³-hybridized carbons (Fsp3) is 0.316. The van der Waals surface area contributed by atoms with E-state index in [1.54, 1.807) is 18.5 Å². The predicted molar refractivity (Wildman–Crippen MR) is 96.3 cm³/mol. The summed E-state index contributed by atoms with van der Waals surface area (Å²) in [7, 11) is 5.93. The van der Waals surface area contributed by atoms with Gasteiger partial charge < -0.3 is 9.80 Å². The monoisotopic (exact) mass is 313 g/mol. The van der Waals surface area contributed by atoms with Crippen LogP contribution in [-0.4, -0.2) is 32.4 Å². The first-order valence-electron chi connectivity index (χ1n) is 7.64. The normalized spacial score (nSPS) is 11.0. The van der Waals surface area contributed by atoms with Crippen molar-refractivity contribution in [1.82, 2.24) is 4.90 Å². The minimum atomic E-state index is -0.197. The minimum absolute atomic E-state index is 0.197. The molecule has 0 N–H and O–H groups in total. The SMILES string of the molecule is Cc1cc(N(C)Cc2cccc(F)c2)c(C)cc1N=CN(C)C. The molecule has 0 atom stereocenters. The summed E-state index contributed by atoms with van der Waals surface area (Å²) in [5.74, 6) is -0.197. The van der Waals surface area contributed by atoms with Crippen LogP contribution in [0.3, 0.4) is 0 Å². The number of nitrogens with zero attached hydrogens (tertiary/aromatic N) is 3. The first-order chi connectivity index (χ1) is 10.9. The van der Waals surface area contributed by atoms with E-state index in [1.807, 2.05) is 32.1 Å². The first-order valence-corrected chi connectivity index (χ1v) is 7.64. The van der Waals surface area contributed by atoms with Crippen LogP contribution in [0, 0.1) is 19.7 Å². The van der Waals surface area contributed by atoms with Gasteiger partial charge in [-0.15, -0.1) is 0 Å². The summed E-state index contributed by atoms with van der Waals surface area (Å²) in [6, 6.07) is 11.0. The smallest absolute Gasteiger partial charge is 0.123 e. The van der Waals surface area contributed by atoms with Gasteiger partial charge in [0.1, 0.15) is 5.82 Å². The number of hydrogen-bond donors (Lipinski definition) is 0. The van der Waals surface area contributed by atoms with Crippen LogP contribution >= 0.6 is 0 Å². The summed E-state index contributed by atoms with van der Waals surface area (Å²) in [6.45, 7) is 4.80. The molecule has 0 aliphatic rings. The molecule has 2 aromatic rings. The summed E-state index contributed by atoms with van der Waals surface area (Å²) in [5, 5.41) is 0. The van der Waals surface area contributed by atoms with Crippen LogP contribution in [0.2, 0.25) is 0 Å². The van der Waals surface area contributed by atoms with E-state index in [4.69, 9.17) is 0 Å². The van der Waals surface area contributed by atoms with Crippen molar-refractivity contribution in [2.45, 2.75) is 20.4 Å². The molecule has 0 heterocycles. The lowest BCUT2D eigenvalue weighted by Gasteiger charge is -2.23. The highest BCUT2D eigenvalue weighted by Crippen LogP contribution is 2.29. The van der Waals surface area contributed by atoms with Crippen LogP contribution < -0.4 is 4.90 Å². The molecular weight excluding hydrogens is 289 g/mol. The van der Waals surface area contributed by atoms with E-state index in [1.165, 1.54) is 6.07 Å². The maximum atomic E-state index is 13.3. The van der Waals surface area contributed by atoms with Gasteiger partial charge in [-0.25, -0.2) is 9.38 Å². The molecule has 0 unspecified atom stereocenters. The molecular formula is C19H24FN3. The summed E-state index contributed by atoms with van der Waals surface area (Å²) in [5.41, 5.74) is 5.34. The van der Waals surface area contributed by atoms with E-state index in [0.29, 0.717) is 6.54 Å². The third-order valence-electron chi connectivity index (χ3n) is 3.66. The molecule has 0 amide bonds. The van der Waals surface area contributed by atoms with Gasteiger partial charge in [0.05, 0.1) is 12.0 Å². The van der Waals surface area contributed by atoms with Crippen LogP contribution in [0.1, 0.15) is 16.7 Å². The van der Waals surface area contributed by atoms with Gasteiger partial charge >= 0.3 is 0 Å². The van der Waals surface area contributed by atoms with Crippen molar-refractivity contribution in [3.05, 3.63) is 58.9 Å². The highest BCUT2D eigenvalue weighted by Gasteiger charge is 2.09. The topological polar surface area (TPSA) is 18.8 Å². The Morgan fingerprint density at radius 3 is 2.43 bits per heavy atom. The fourth-order valence-corrected chi connectivity index (χ4v) is 2.51. The van der Waals surface area contributed by atoms with Crippen molar-refractivity contribution in [2.75, 3.05) is 26.0 Å². The van der Waals surface area contributed by atoms with Gasteiger partial charge in [-0.1, -0.05) is 12.1 Å². The molecule has 0 radical (unpaired) electrons. The van der Waals surface area contributed by atoms with Crippen molar-refractivity contribution in [1.29, 1.82) is 0 Å². The Hall–Kier alpha value is -2.36. The molecule has 0 fully saturated rings. The van der Waals surface area contributed by atoms with E-state index < -0.39 is 0 Å². The Morgan fingerprint density at radius 2 is 1.78 bits per heavy atom. The first kappa shape index (κ1) is 17.0. The molecule has 0 bridgehead atoms. The van der Waals surface area contributed by atoms with Crippen molar-refractivity contribution < 1.29 is 4.39 Å². The van der Waals surface area contributed by atoms with E-state index in [0.717, 1.165) is 28.1 Å². The maximum Gasteiger partial charge on any atom is 0.123 e. The Kier molecular flexibility index (Phi) is 5.37. The van der Waals surface area contributed by atoms with Gasteiger partial charge in [0, 0.05) is 33.4 Å². The van der Waals surface area contributed by atoms with E-state index in [2.05, 4.69) is 35.9 Å². The van der Waals surface area contributed by atoms with Gasteiger partial charge in [-0.05, 0) is 54.8 Å². The summed E-state index contributed by atoms with van der Waals surface area (Å²) in [6.07, 6.45) is 1.80. The Labute approximate surface area is 138 Å². The van der Waals surface area contributed by atoms with Crippen LogP contribution in [0.5, 0.6) is 0 Å². The molecule has 0 aromatic heterocycles. The number of hydrogen-bond acceptors (Lipinski definition) is 2. The van der Waals surface area contributed by atoms with Crippen LogP contribution in [0.25, 0.3) is 0 Å². The van der Waals surface area contributed by atoms with Crippen molar-refractivity contribution in [2.24, 2.45) is 4.99 Å².